The van der Waals surface area contributed by atoms with Gasteiger partial charge in [0.2, 0.25) is 0 Å². The molecule has 1 aliphatic heterocycles. The van der Waals surface area contributed by atoms with Gasteiger partial charge in [-0.05, 0) is 17.7 Å². The van der Waals surface area contributed by atoms with Gasteiger partial charge in [-0.25, -0.2) is 4.39 Å². The lowest BCUT2D eigenvalue weighted by Crippen LogP contribution is -2.44. The van der Waals surface area contributed by atoms with Crippen molar-refractivity contribution >= 4 is 0 Å². The van der Waals surface area contributed by atoms with E-state index < -0.39 is 5.60 Å². The first-order chi connectivity index (χ1) is 8.18. The minimum atomic E-state index is -0.654. The van der Waals surface area contributed by atoms with Gasteiger partial charge in [-0.3, -0.25) is 0 Å². The van der Waals surface area contributed by atoms with Crippen molar-refractivity contribution in [3.05, 3.63) is 35.6 Å². The summed E-state index contributed by atoms with van der Waals surface area (Å²) in [6.07, 6.45) is 1.34. The molecule has 2 rings (SSSR count). The minimum absolute atomic E-state index is 0.225. The molecule has 1 aromatic carbocycles. The van der Waals surface area contributed by atoms with Gasteiger partial charge in [0.05, 0.1) is 5.60 Å². The van der Waals surface area contributed by atoms with Crippen molar-refractivity contribution in [1.29, 1.82) is 0 Å². The van der Waals surface area contributed by atoms with Crippen LogP contribution in [0, 0.1) is 5.82 Å². The van der Waals surface area contributed by atoms with Crippen molar-refractivity contribution in [2.75, 3.05) is 19.8 Å². The average Bonchev–Trinajstić information content (AvgIpc) is 2.32. The Hall–Kier alpha value is -0.970. The van der Waals surface area contributed by atoms with Gasteiger partial charge in [0, 0.05) is 39.1 Å². The van der Waals surface area contributed by atoms with Gasteiger partial charge in [-0.15, -0.1) is 0 Å². The van der Waals surface area contributed by atoms with E-state index in [0.29, 0.717) is 39.1 Å². The van der Waals surface area contributed by atoms with Crippen LogP contribution in [-0.4, -0.2) is 30.5 Å². The zero-order valence-corrected chi connectivity index (χ0v) is 9.79. The van der Waals surface area contributed by atoms with E-state index in [-0.39, 0.29) is 5.82 Å². The molecule has 0 amide bonds. The smallest absolute Gasteiger partial charge is 0.123 e. The fourth-order valence-corrected chi connectivity index (χ4v) is 1.97. The zero-order valence-electron chi connectivity index (χ0n) is 9.79. The Morgan fingerprint density at radius 3 is 2.53 bits per heavy atom. The van der Waals surface area contributed by atoms with E-state index in [4.69, 9.17) is 4.74 Å². The van der Waals surface area contributed by atoms with E-state index in [1.54, 1.807) is 12.1 Å². The second-order valence-corrected chi connectivity index (χ2v) is 4.57. The summed E-state index contributed by atoms with van der Waals surface area (Å²) >= 11 is 0. The topological polar surface area (TPSA) is 41.5 Å². The first-order valence-corrected chi connectivity index (χ1v) is 5.93. The summed E-state index contributed by atoms with van der Waals surface area (Å²) in [6.45, 7) is 2.43. The Balaban J connectivity index is 1.77. The summed E-state index contributed by atoms with van der Waals surface area (Å²) < 4.78 is 17.9. The number of nitrogens with one attached hydrogen (secondary N) is 1. The highest BCUT2D eigenvalue weighted by Gasteiger charge is 2.28. The van der Waals surface area contributed by atoms with E-state index in [2.05, 4.69) is 5.32 Å². The maximum atomic E-state index is 12.7. The summed E-state index contributed by atoms with van der Waals surface area (Å²) in [5, 5.41) is 13.4. The third-order valence-corrected chi connectivity index (χ3v) is 3.12. The number of hydrogen-bond acceptors (Lipinski definition) is 3. The molecule has 2 N–H and O–H groups in total. The Labute approximate surface area is 101 Å². The number of aliphatic hydroxyl groups is 1. The molecule has 0 saturated carbocycles. The first-order valence-electron chi connectivity index (χ1n) is 5.93. The predicted octanol–water partition coefficient (Wildman–Crippen LogP) is 1.46. The Morgan fingerprint density at radius 2 is 1.88 bits per heavy atom. The van der Waals surface area contributed by atoms with Crippen molar-refractivity contribution in [3.8, 4) is 0 Å². The lowest BCUT2D eigenvalue weighted by Gasteiger charge is -2.32. The second kappa shape index (κ2) is 5.58. The molecule has 3 nitrogen and oxygen atoms in total. The summed E-state index contributed by atoms with van der Waals surface area (Å²) in [6, 6.07) is 6.38. The van der Waals surface area contributed by atoms with E-state index in [0.717, 1.165) is 5.56 Å². The van der Waals surface area contributed by atoms with E-state index >= 15 is 0 Å². The van der Waals surface area contributed by atoms with E-state index in [1.165, 1.54) is 12.1 Å². The minimum Gasteiger partial charge on any atom is -0.388 e. The van der Waals surface area contributed by atoms with Gasteiger partial charge in [-0.1, -0.05) is 12.1 Å². The number of benzene rings is 1. The lowest BCUT2D eigenvalue weighted by atomic mass is 9.94. The second-order valence-electron chi connectivity index (χ2n) is 4.57. The zero-order chi connectivity index (χ0) is 12.1. The molecular weight excluding hydrogens is 221 g/mol. The normalized spacial score (nSPS) is 19.2. The molecule has 1 aliphatic rings. The fourth-order valence-electron chi connectivity index (χ4n) is 1.97. The highest BCUT2D eigenvalue weighted by Crippen LogP contribution is 2.19. The third kappa shape index (κ3) is 3.77. The van der Waals surface area contributed by atoms with Crippen molar-refractivity contribution in [1.82, 2.24) is 5.32 Å². The van der Waals surface area contributed by atoms with Crippen LogP contribution in [0.25, 0.3) is 0 Å². The van der Waals surface area contributed by atoms with Gasteiger partial charge in [0.15, 0.2) is 0 Å². The first kappa shape index (κ1) is 12.5. The molecule has 1 saturated heterocycles. The van der Waals surface area contributed by atoms with Gasteiger partial charge in [0.25, 0.3) is 0 Å². The molecule has 17 heavy (non-hydrogen) atoms. The Morgan fingerprint density at radius 1 is 1.24 bits per heavy atom. The van der Waals surface area contributed by atoms with Crippen LogP contribution in [-0.2, 0) is 11.3 Å². The van der Waals surface area contributed by atoms with Crippen molar-refractivity contribution in [2.45, 2.75) is 25.0 Å². The summed E-state index contributed by atoms with van der Waals surface area (Å²) in [5.41, 5.74) is 0.361. The highest BCUT2D eigenvalue weighted by atomic mass is 19.1. The van der Waals surface area contributed by atoms with Gasteiger partial charge in [-0.2, -0.15) is 0 Å². The van der Waals surface area contributed by atoms with Crippen LogP contribution >= 0.6 is 0 Å². The molecule has 0 unspecified atom stereocenters. The van der Waals surface area contributed by atoms with E-state index in [1.807, 2.05) is 0 Å². The molecule has 1 aromatic rings. The molecule has 0 atom stereocenters. The van der Waals surface area contributed by atoms with Crippen LogP contribution in [0.1, 0.15) is 18.4 Å². The number of hydrogen-bond donors (Lipinski definition) is 2. The van der Waals surface area contributed by atoms with Gasteiger partial charge in [0.1, 0.15) is 5.82 Å². The molecule has 94 valence electrons. The summed E-state index contributed by atoms with van der Waals surface area (Å²) in [4.78, 5) is 0. The van der Waals surface area contributed by atoms with Crippen LogP contribution in [0.3, 0.4) is 0 Å². The van der Waals surface area contributed by atoms with Gasteiger partial charge < -0.3 is 15.2 Å². The molecule has 4 heteroatoms. The number of rotatable bonds is 4. The monoisotopic (exact) mass is 239 g/mol. The molecule has 0 aromatic heterocycles. The maximum Gasteiger partial charge on any atom is 0.123 e. The van der Waals surface area contributed by atoms with Crippen LogP contribution in [0.4, 0.5) is 4.39 Å². The SMILES string of the molecule is OC1(CNCc2ccc(F)cc2)CCOCC1. The standard InChI is InChI=1S/C13H18FNO2/c14-12-3-1-11(2-4-12)9-15-10-13(16)5-7-17-8-6-13/h1-4,15-16H,5-10H2. The highest BCUT2D eigenvalue weighted by molar-refractivity contribution is 5.15. The summed E-state index contributed by atoms with van der Waals surface area (Å²) in [7, 11) is 0. The van der Waals surface area contributed by atoms with Crippen LogP contribution in [0.2, 0.25) is 0 Å². The Kier molecular flexibility index (Phi) is 4.10. The molecular formula is C13H18FNO2. The van der Waals surface area contributed by atoms with Crippen molar-refractivity contribution in [2.24, 2.45) is 0 Å². The van der Waals surface area contributed by atoms with Gasteiger partial charge >= 0.3 is 0 Å². The van der Waals surface area contributed by atoms with Crippen molar-refractivity contribution in [3.63, 3.8) is 0 Å². The molecule has 0 spiro atoms. The van der Waals surface area contributed by atoms with Crippen LogP contribution in [0.15, 0.2) is 24.3 Å². The maximum absolute atomic E-state index is 12.7. The summed E-state index contributed by atoms with van der Waals surface area (Å²) in [5.74, 6) is -0.225. The fraction of sp³-hybridized carbons (Fsp3) is 0.538. The number of halogens is 1. The molecule has 0 radical (unpaired) electrons. The average molecular weight is 239 g/mol. The largest absolute Gasteiger partial charge is 0.388 e. The lowest BCUT2D eigenvalue weighted by molar-refractivity contribution is -0.0617. The third-order valence-electron chi connectivity index (χ3n) is 3.12. The van der Waals surface area contributed by atoms with Crippen LogP contribution < -0.4 is 5.32 Å². The molecule has 1 fully saturated rings. The molecule has 1 heterocycles. The molecule has 0 aliphatic carbocycles. The van der Waals surface area contributed by atoms with E-state index in [9.17, 15) is 9.50 Å². The molecule has 0 bridgehead atoms. The quantitative estimate of drug-likeness (QED) is 0.835. The predicted molar refractivity (Wildman–Crippen MR) is 63.1 cm³/mol. The van der Waals surface area contributed by atoms with Crippen LogP contribution in [0.5, 0.6) is 0 Å². The number of ether oxygens (including phenoxy) is 1. The van der Waals surface area contributed by atoms with Crippen molar-refractivity contribution < 1.29 is 14.2 Å². The Bertz CT molecular complexity index is 347.